The van der Waals surface area contributed by atoms with Gasteiger partial charge in [0.1, 0.15) is 5.75 Å². The fourth-order valence-electron chi connectivity index (χ4n) is 3.24. The van der Waals surface area contributed by atoms with Gasteiger partial charge in [0.25, 0.3) is 15.7 Å². The number of non-ortho nitro benzene ring substituents is 1. The molecule has 1 unspecified atom stereocenters. The third kappa shape index (κ3) is 4.28. The summed E-state index contributed by atoms with van der Waals surface area (Å²) in [6, 6.07) is 18.8. The van der Waals surface area contributed by atoms with Crippen LogP contribution < -0.4 is 9.04 Å². The average Bonchev–Trinajstić information content (AvgIpc) is 2.74. The average molecular weight is 426 g/mol. The topological polar surface area (TPSA) is 89.8 Å². The van der Waals surface area contributed by atoms with Gasteiger partial charge in [-0.05, 0) is 43.7 Å². The number of nitro groups is 1. The summed E-state index contributed by atoms with van der Waals surface area (Å²) in [5.41, 5.74) is 2.09. The van der Waals surface area contributed by atoms with E-state index in [9.17, 15) is 18.5 Å². The molecule has 156 valence electrons. The Hall–Kier alpha value is -3.39. The summed E-state index contributed by atoms with van der Waals surface area (Å²) in [6.07, 6.45) is 0. The molecule has 3 rings (SSSR count). The maximum absolute atomic E-state index is 13.6. The lowest BCUT2D eigenvalue weighted by Crippen LogP contribution is -2.33. The summed E-state index contributed by atoms with van der Waals surface area (Å²) in [5.74, 6) is 0.521. The molecule has 0 spiro atoms. The third-order valence-electron chi connectivity index (χ3n) is 4.79. The monoisotopic (exact) mass is 426 g/mol. The fourth-order valence-corrected chi connectivity index (χ4v) is 4.87. The van der Waals surface area contributed by atoms with Gasteiger partial charge >= 0.3 is 0 Å². The molecule has 0 bridgehead atoms. The Bertz CT molecular complexity index is 1160. The lowest BCUT2D eigenvalue weighted by molar-refractivity contribution is -0.384. The van der Waals surface area contributed by atoms with Crippen LogP contribution >= 0.6 is 0 Å². The van der Waals surface area contributed by atoms with Crippen molar-refractivity contribution >= 4 is 21.4 Å². The normalized spacial score (nSPS) is 12.2. The molecule has 0 aliphatic carbocycles. The molecule has 1 atom stereocenters. The molecule has 8 heteroatoms. The van der Waals surface area contributed by atoms with Crippen LogP contribution in [0.25, 0.3) is 0 Å². The molecule has 0 heterocycles. The van der Waals surface area contributed by atoms with E-state index in [1.807, 2.05) is 31.2 Å². The third-order valence-corrected chi connectivity index (χ3v) is 6.70. The number of methoxy groups -OCH3 is 1. The predicted octanol–water partition coefficient (Wildman–Crippen LogP) is 4.87. The first-order valence-corrected chi connectivity index (χ1v) is 10.7. The van der Waals surface area contributed by atoms with Crippen LogP contribution in [0, 0.1) is 17.0 Å². The molecular weight excluding hydrogens is 404 g/mol. The standard InChI is InChI=1S/C22H22N2O5S/c1-16-6-4-7-18(14-16)17(2)23(20-8-5-9-21(15-20)29-3)30(27,28)22-12-10-19(11-13-22)24(25)26/h4-15,17H,1-3H3. The maximum atomic E-state index is 13.6. The predicted molar refractivity (Wildman–Crippen MR) is 115 cm³/mol. The second-order valence-corrected chi connectivity index (χ2v) is 8.66. The number of nitro benzene ring substituents is 1. The zero-order valence-electron chi connectivity index (χ0n) is 16.8. The van der Waals surface area contributed by atoms with Gasteiger partial charge in [0.2, 0.25) is 0 Å². The van der Waals surface area contributed by atoms with Gasteiger partial charge in [-0.15, -0.1) is 0 Å². The number of rotatable bonds is 7. The molecular formula is C22H22N2O5S. The molecule has 0 aromatic heterocycles. The Morgan fingerprint density at radius 2 is 1.67 bits per heavy atom. The highest BCUT2D eigenvalue weighted by Crippen LogP contribution is 2.35. The van der Waals surface area contributed by atoms with Crippen LogP contribution in [0.2, 0.25) is 0 Å². The number of anilines is 1. The Labute approximate surface area is 175 Å². The van der Waals surface area contributed by atoms with E-state index < -0.39 is 21.0 Å². The number of hydrogen-bond acceptors (Lipinski definition) is 5. The second-order valence-electron chi connectivity index (χ2n) is 6.84. The zero-order chi connectivity index (χ0) is 21.9. The van der Waals surface area contributed by atoms with Gasteiger partial charge < -0.3 is 4.74 Å². The van der Waals surface area contributed by atoms with Crippen LogP contribution in [-0.2, 0) is 10.0 Å². The number of hydrogen-bond donors (Lipinski definition) is 0. The first kappa shape index (κ1) is 21.3. The maximum Gasteiger partial charge on any atom is 0.269 e. The summed E-state index contributed by atoms with van der Waals surface area (Å²) in [5, 5.41) is 10.9. The van der Waals surface area contributed by atoms with E-state index in [0.717, 1.165) is 11.1 Å². The number of sulfonamides is 1. The number of benzene rings is 3. The second kappa shape index (κ2) is 8.54. The summed E-state index contributed by atoms with van der Waals surface area (Å²) < 4.78 is 33.8. The molecule has 0 aliphatic rings. The van der Waals surface area contributed by atoms with Crippen LogP contribution in [0.3, 0.4) is 0 Å². The summed E-state index contributed by atoms with van der Waals surface area (Å²) >= 11 is 0. The van der Waals surface area contributed by atoms with Crippen LogP contribution in [0.5, 0.6) is 5.75 Å². The minimum atomic E-state index is -4.03. The van der Waals surface area contributed by atoms with E-state index >= 15 is 0 Å². The lowest BCUT2D eigenvalue weighted by atomic mass is 10.1. The van der Waals surface area contributed by atoms with Crippen molar-refractivity contribution in [2.45, 2.75) is 24.8 Å². The van der Waals surface area contributed by atoms with E-state index in [2.05, 4.69) is 0 Å². The summed E-state index contributed by atoms with van der Waals surface area (Å²) in [6.45, 7) is 3.74. The molecule has 0 amide bonds. The minimum absolute atomic E-state index is 0.0320. The van der Waals surface area contributed by atoms with Crippen molar-refractivity contribution in [2.24, 2.45) is 0 Å². The molecule has 0 saturated heterocycles. The van der Waals surface area contributed by atoms with Crippen molar-refractivity contribution in [1.29, 1.82) is 0 Å². The highest BCUT2D eigenvalue weighted by atomic mass is 32.2. The number of nitrogens with zero attached hydrogens (tertiary/aromatic N) is 2. The SMILES string of the molecule is COc1cccc(N(C(C)c2cccc(C)c2)S(=O)(=O)c2ccc([N+](=O)[O-])cc2)c1. The van der Waals surface area contributed by atoms with Gasteiger partial charge in [-0.2, -0.15) is 0 Å². The van der Waals surface area contributed by atoms with Gasteiger partial charge in [-0.3, -0.25) is 14.4 Å². The van der Waals surface area contributed by atoms with E-state index in [-0.39, 0.29) is 10.6 Å². The first-order valence-electron chi connectivity index (χ1n) is 9.23. The molecule has 0 fully saturated rings. The van der Waals surface area contributed by atoms with Crippen LogP contribution in [0.1, 0.15) is 24.1 Å². The van der Waals surface area contributed by atoms with E-state index in [0.29, 0.717) is 11.4 Å². The molecule has 0 N–H and O–H groups in total. The van der Waals surface area contributed by atoms with Crippen molar-refractivity contribution < 1.29 is 18.1 Å². The molecule has 30 heavy (non-hydrogen) atoms. The smallest absolute Gasteiger partial charge is 0.269 e. The zero-order valence-corrected chi connectivity index (χ0v) is 17.7. The summed E-state index contributed by atoms with van der Waals surface area (Å²) in [7, 11) is -2.51. The van der Waals surface area contributed by atoms with Crippen molar-refractivity contribution in [2.75, 3.05) is 11.4 Å². The Kier molecular flexibility index (Phi) is 6.07. The van der Waals surface area contributed by atoms with Crippen LogP contribution in [0.15, 0.2) is 77.7 Å². The largest absolute Gasteiger partial charge is 0.497 e. The van der Waals surface area contributed by atoms with Crippen LogP contribution in [-0.4, -0.2) is 20.5 Å². The highest BCUT2D eigenvalue weighted by molar-refractivity contribution is 7.92. The van der Waals surface area contributed by atoms with Gasteiger partial charge in [-0.25, -0.2) is 8.42 Å². The van der Waals surface area contributed by atoms with Gasteiger partial charge in [0, 0.05) is 18.2 Å². The van der Waals surface area contributed by atoms with E-state index in [1.165, 1.54) is 35.7 Å². The highest BCUT2D eigenvalue weighted by Gasteiger charge is 2.31. The summed E-state index contributed by atoms with van der Waals surface area (Å²) in [4.78, 5) is 10.3. The Morgan fingerprint density at radius 1 is 1.00 bits per heavy atom. The fraction of sp³-hybridized carbons (Fsp3) is 0.182. The van der Waals surface area contributed by atoms with Gasteiger partial charge in [-0.1, -0.05) is 35.9 Å². The molecule has 0 saturated carbocycles. The van der Waals surface area contributed by atoms with E-state index in [4.69, 9.17) is 4.74 Å². The van der Waals surface area contributed by atoms with E-state index in [1.54, 1.807) is 31.2 Å². The Morgan fingerprint density at radius 3 is 2.27 bits per heavy atom. The number of ether oxygens (including phenoxy) is 1. The minimum Gasteiger partial charge on any atom is -0.497 e. The van der Waals surface area contributed by atoms with Crippen molar-refractivity contribution in [3.8, 4) is 5.75 Å². The van der Waals surface area contributed by atoms with Gasteiger partial charge in [0.15, 0.2) is 0 Å². The van der Waals surface area contributed by atoms with Crippen molar-refractivity contribution in [1.82, 2.24) is 0 Å². The molecule has 7 nitrogen and oxygen atoms in total. The Balaban J connectivity index is 2.15. The quantitative estimate of drug-likeness (QED) is 0.397. The first-order chi connectivity index (χ1) is 14.2. The lowest BCUT2D eigenvalue weighted by Gasteiger charge is -2.31. The molecule has 3 aromatic rings. The number of aryl methyl sites for hydroxylation is 1. The van der Waals surface area contributed by atoms with Gasteiger partial charge in [0.05, 0.1) is 28.7 Å². The van der Waals surface area contributed by atoms with Crippen molar-refractivity contribution in [3.05, 3.63) is 94.0 Å². The van der Waals surface area contributed by atoms with Crippen molar-refractivity contribution in [3.63, 3.8) is 0 Å². The molecule has 0 aliphatic heterocycles. The molecule has 0 radical (unpaired) electrons. The molecule has 3 aromatic carbocycles. The van der Waals surface area contributed by atoms with Crippen LogP contribution in [0.4, 0.5) is 11.4 Å².